The molecule has 3 aromatic rings. The van der Waals surface area contributed by atoms with Crippen LogP contribution in [0, 0.1) is 0 Å². The molecule has 0 spiro atoms. The first-order valence-electron chi connectivity index (χ1n) is 10.8. The molecule has 4 rings (SSSR count). The molecule has 0 aliphatic carbocycles. The fraction of sp³-hybridized carbons (Fsp3) is 0.375. The zero-order valence-electron chi connectivity index (χ0n) is 18.6. The van der Waals surface area contributed by atoms with Gasteiger partial charge in [-0.25, -0.2) is 4.98 Å². The van der Waals surface area contributed by atoms with Gasteiger partial charge in [-0.15, -0.1) is 0 Å². The Bertz CT molecular complexity index is 1150. The number of rotatable bonds is 7. The van der Waals surface area contributed by atoms with E-state index in [-0.39, 0.29) is 17.6 Å². The first-order chi connectivity index (χ1) is 15.4. The zero-order valence-corrected chi connectivity index (χ0v) is 19.4. The van der Waals surface area contributed by atoms with Crippen LogP contribution in [0.5, 0.6) is 0 Å². The number of amides is 1. The van der Waals surface area contributed by atoms with E-state index in [1.165, 1.54) is 11.8 Å². The van der Waals surface area contributed by atoms with E-state index in [1.807, 2.05) is 68.4 Å². The highest BCUT2D eigenvalue weighted by atomic mass is 32.2. The number of hydrogen-bond acceptors (Lipinski definition) is 6. The van der Waals surface area contributed by atoms with Crippen molar-refractivity contribution >= 4 is 39.9 Å². The summed E-state index contributed by atoms with van der Waals surface area (Å²) in [4.78, 5) is 32.8. The monoisotopic (exact) mass is 452 g/mol. The summed E-state index contributed by atoms with van der Waals surface area (Å²) >= 11 is 1.29. The quantitative estimate of drug-likeness (QED) is 0.435. The maximum atomic E-state index is 13.2. The molecule has 1 saturated heterocycles. The third-order valence-corrected chi connectivity index (χ3v) is 6.63. The summed E-state index contributed by atoms with van der Waals surface area (Å²) in [5.41, 5.74) is 2.33. The van der Waals surface area contributed by atoms with Crippen LogP contribution in [0.15, 0.2) is 58.5 Å². The predicted molar refractivity (Wildman–Crippen MR) is 130 cm³/mol. The predicted octanol–water partition coefficient (Wildman–Crippen LogP) is 3.76. The zero-order chi connectivity index (χ0) is 22.7. The minimum absolute atomic E-state index is 0.00523. The van der Waals surface area contributed by atoms with Crippen LogP contribution in [0.4, 0.5) is 11.4 Å². The molecule has 1 aliphatic heterocycles. The Hall–Kier alpha value is -2.84. The van der Waals surface area contributed by atoms with Gasteiger partial charge in [0.05, 0.1) is 28.8 Å². The highest BCUT2D eigenvalue weighted by Crippen LogP contribution is 2.25. The van der Waals surface area contributed by atoms with Crippen LogP contribution in [0.1, 0.15) is 19.8 Å². The Morgan fingerprint density at radius 2 is 2.00 bits per heavy atom. The number of nitrogens with zero attached hydrogens (tertiary/aromatic N) is 3. The average molecular weight is 453 g/mol. The molecule has 168 valence electrons. The molecule has 1 amide bonds. The molecule has 8 heteroatoms. The molecule has 0 saturated carbocycles. The third-order valence-electron chi connectivity index (χ3n) is 5.54. The molecular formula is C24H28N4O3S. The summed E-state index contributed by atoms with van der Waals surface area (Å²) in [7, 11) is 3.94. The van der Waals surface area contributed by atoms with Gasteiger partial charge < -0.3 is 15.0 Å². The van der Waals surface area contributed by atoms with Gasteiger partial charge in [-0.3, -0.25) is 14.2 Å². The first kappa shape index (κ1) is 22.4. The smallest absolute Gasteiger partial charge is 0.262 e. The summed E-state index contributed by atoms with van der Waals surface area (Å²) in [5, 5.41) is 3.63. The van der Waals surface area contributed by atoms with E-state index in [9.17, 15) is 9.59 Å². The standard InChI is InChI=1S/C24H28N4O3S/c1-16(22(29)25-17-10-12-18(13-11-17)27(2)3)32-24-26-21-9-5-4-8-20(21)23(30)28(24)15-19-7-6-14-31-19/h4-5,8-13,16,19H,6-7,14-15H2,1-3H3,(H,25,29)/t16-,19-/m0/s1. The fourth-order valence-electron chi connectivity index (χ4n) is 3.69. The Morgan fingerprint density at radius 1 is 1.25 bits per heavy atom. The van der Waals surface area contributed by atoms with Crippen LogP contribution >= 0.6 is 11.8 Å². The van der Waals surface area contributed by atoms with Crippen molar-refractivity contribution in [3.63, 3.8) is 0 Å². The number of thioether (sulfide) groups is 1. The number of anilines is 2. The Labute approximate surface area is 191 Å². The molecule has 0 unspecified atom stereocenters. The summed E-state index contributed by atoms with van der Waals surface area (Å²) < 4.78 is 7.42. The summed E-state index contributed by atoms with van der Waals surface area (Å²) in [6.07, 6.45) is 1.91. The molecule has 1 aromatic heterocycles. The van der Waals surface area contributed by atoms with Gasteiger partial charge in [-0.1, -0.05) is 23.9 Å². The van der Waals surface area contributed by atoms with Gasteiger partial charge in [0, 0.05) is 32.1 Å². The van der Waals surface area contributed by atoms with Crippen molar-refractivity contribution in [1.82, 2.24) is 9.55 Å². The highest BCUT2D eigenvalue weighted by Gasteiger charge is 2.23. The van der Waals surface area contributed by atoms with E-state index in [0.29, 0.717) is 29.2 Å². The van der Waals surface area contributed by atoms with Crippen molar-refractivity contribution < 1.29 is 9.53 Å². The maximum absolute atomic E-state index is 13.2. The lowest BCUT2D eigenvalue weighted by Gasteiger charge is -2.19. The van der Waals surface area contributed by atoms with E-state index >= 15 is 0 Å². The number of aromatic nitrogens is 2. The Morgan fingerprint density at radius 3 is 2.69 bits per heavy atom. The number of fused-ring (bicyclic) bond motifs is 1. The van der Waals surface area contributed by atoms with Crippen molar-refractivity contribution in [2.75, 3.05) is 30.9 Å². The SMILES string of the molecule is C[C@H](Sc1nc2ccccc2c(=O)n1C[C@@H]1CCCO1)C(=O)Nc1ccc(N(C)C)cc1. The van der Waals surface area contributed by atoms with Gasteiger partial charge in [-0.05, 0) is 56.2 Å². The largest absolute Gasteiger partial charge is 0.378 e. The fourth-order valence-corrected chi connectivity index (χ4v) is 4.61. The number of carbonyl (C=O) groups is 1. The Balaban J connectivity index is 1.56. The second-order valence-electron chi connectivity index (χ2n) is 8.15. The molecule has 2 heterocycles. The molecule has 32 heavy (non-hydrogen) atoms. The molecule has 1 N–H and O–H groups in total. The Kier molecular flexibility index (Phi) is 6.81. The average Bonchev–Trinajstić information content (AvgIpc) is 3.30. The minimum Gasteiger partial charge on any atom is -0.378 e. The third kappa shape index (κ3) is 4.97. The second-order valence-corrected chi connectivity index (χ2v) is 9.46. The molecule has 0 radical (unpaired) electrons. The lowest BCUT2D eigenvalue weighted by molar-refractivity contribution is -0.115. The van der Waals surface area contributed by atoms with Gasteiger partial charge in [0.1, 0.15) is 0 Å². The lowest BCUT2D eigenvalue weighted by Crippen LogP contribution is -2.30. The molecule has 2 aromatic carbocycles. The number of benzene rings is 2. The number of hydrogen-bond donors (Lipinski definition) is 1. The number of ether oxygens (including phenoxy) is 1. The van der Waals surface area contributed by atoms with Gasteiger partial charge in [0.25, 0.3) is 5.56 Å². The van der Waals surface area contributed by atoms with Crippen LogP contribution < -0.4 is 15.8 Å². The van der Waals surface area contributed by atoms with Crippen molar-refractivity contribution in [3.05, 3.63) is 58.9 Å². The topological polar surface area (TPSA) is 76.5 Å². The summed E-state index contributed by atoms with van der Waals surface area (Å²) in [6.45, 7) is 2.99. The van der Waals surface area contributed by atoms with Crippen LogP contribution in [-0.2, 0) is 16.1 Å². The summed E-state index contributed by atoms with van der Waals surface area (Å²) in [5.74, 6) is -0.140. The maximum Gasteiger partial charge on any atom is 0.262 e. The number of para-hydroxylation sites is 1. The van der Waals surface area contributed by atoms with Gasteiger partial charge in [-0.2, -0.15) is 0 Å². The van der Waals surface area contributed by atoms with Crippen molar-refractivity contribution in [3.8, 4) is 0 Å². The molecule has 1 fully saturated rings. The van der Waals surface area contributed by atoms with Gasteiger partial charge in [0.15, 0.2) is 5.16 Å². The van der Waals surface area contributed by atoms with Crippen LogP contribution in [0.3, 0.4) is 0 Å². The summed E-state index contributed by atoms with van der Waals surface area (Å²) in [6, 6.07) is 15.0. The van der Waals surface area contributed by atoms with Crippen LogP contribution in [-0.4, -0.2) is 47.5 Å². The van der Waals surface area contributed by atoms with E-state index in [2.05, 4.69) is 5.32 Å². The van der Waals surface area contributed by atoms with Crippen molar-refractivity contribution in [1.29, 1.82) is 0 Å². The number of nitrogens with one attached hydrogen (secondary N) is 1. The molecule has 1 aliphatic rings. The van der Waals surface area contributed by atoms with E-state index < -0.39 is 5.25 Å². The van der Waals surface area contributed by atoms with E-state index in [1.54, 1.807) is 10.6 Å². The van der Waals surface area contributed by atoms with Crippen molar-refractivity contribution in [2.24, 2.45) is 0 Å². The van der Waals surface area contributed by atoms with Gasteiger partial charge >= 0.3 is 0 Å². The number of carbonyl (C=O) groups excluding carboxylic acids is 1. The second kappa shape index (κ2) is 9.75. The lowest BCUT2D eigenvalue weighted by atomic mass is 10.2. The highest BCUT2D eigenvalue weighted by molar-refractivity contribution is 8.00. The van der Waals surface area contributed by atoms with Gasteiger partial charge in [0.2, 0.25) is 5.91 Å². The van der Waals surface area contributed by atoms with Crippen molar-refractivity contribution in [2.45, 2.75) is 42.8 Å². The van der Waals surface area contributed by atoms with Crippen LogP contribution in [0.2, 0.25) is 0 Å². The van der Waals surface area contributed by atoms with E-state index in [4.69, 9.17) is 9.72 Å². The first-order valence-corrected chi connectivity index (χ1v) is 11.7. The van der Waals surface area contributed by atoms with Crippen LogP contribution in [0.25, 0.3) is 10.9 Å². The normalized spacial score (nSPS) is 16.8. The molecule has 2 atom stereocenters. The molecule has 7 nitrogen and oxygen atoms in total. The minimum atomic E-state index is -0.438. The van der Waals surface area contributed by atoms with E-state index in [0.717, 1.165) is 24.2 Å². The molecule has 0 bridgehead atoms. The molecular weight excluding hydrogens is 424 g/mol.